The first-order valence-electron chi connectivity index (χ1n) is 1.39. The van der Waals surface area contributed by atoms with E-state index in [1.165, 1.54) is 4.13 Å². The van der Waals surface area contributed by atoms with Gasteiger partial charge in [0.1, 0.15) is 0 Å². The van der Waals surface area contributed by atoms with E-state index in [2.05, 4.69) is 0 Å². The van der Waals surface area contributed by atoms with Gasteiger partial charge in [-0.15, -0.1) is 3.89 Å². The Hall–Kier alpha value is -0.250. The second-order valence-corrected chi connectivity index (χ2v) is 3.33. The minimum absolute atomic E-state index is 1.49. The number of nitrogens with zero attached hydrogens (tertiary/aromatic N) is 1. The lowest BCUT2D eigenvalue weighted by molar-refractivity contribution is 0.560. The summed E-state index contributed by atoms with van der Waals surface area (Å²) in [5, 5.41) is 5.77. The zero-order valence-corrected chi connectivity index (χ0v) is 5.41. The molecule has 0 radical (unpaired) electrons. The van der Waals surface area contributed by atoms with Crippen LogP contribution < -0.4 is 0 Å². The summed E-state index contributed by atoms with van der Waals surface area (Å²) in [5.41, 5.74) is 0. The molecule has 0 aromatic heterocycles. The highest BCUT2D eigenvalue weighted by Gasteiger charge is 1.92. The molecule has 0 saturated heterocycles. The maximum atomic E-state index is 11.2. The molecular weight excluding hydrogens is 175 g/mol. The van der Waals surface area contributed by atoms with Crippen molar-refractivity contribution < 1.29 is 20.7 Å². The summed E-state index contributed by atoms with van der Waals surface area (Å²) in [6, 6.07) is 0. The van der Waals surface area contributed by atoms with E-state index in [4.69, 9.17) is 5.14 Å². The average molecular weight is 176 g/mol. The number of hydrogen-bond acceptors (Lipinski definition) is 4. The fourth-order valence-electron chi connectivity index (χ4n) is 0.117. The zero-order chi connectivity index (χ0) is 7.71. The molecular formula is HFN2O4S2-2. The molecule has 0 aromatic carbocycles. The smallest absolute Gasteiger partial charge is 0.238 e. The van der Waals surface area contributed by atoms with Crippen LogP contribution in [0.1, 0.15) is 0 Å². The molecule has 0 heterocycles. The number of rotatable bonds is 2. The summed E-state index contributed by atoms with van der Waals surface area (Å²) in [6.45, 7) is 0. The lowest BCUT2D eigenvalue weighted by Crippen LogP contribution is -1.95. The molecule has 1 N–H and O–H groups in total. The molecule has 0 aliphatic heterocycles. The van der Waals surface area contributed by atoms with Crippen LogP contribution in [0.2, 0.25) is 0 Å². The largest absolute Gasteiger partial charge is 0.581 e. The van der Waals surface area contributed by atoms with Gasteiger partial charge in [0.15, 0.2) is 0 Å². The Morgan fingerprint density at radius 1 is 1.22 bits per heavy atom. The van der Waals surface area contributed by atoms with Crippen molar-refractivity contribution in [2.24, 2.45) is 0 Å². The molecule has 0 amide bonds. The predicted molar refractivity (Wildman–Crippen MR) is 26.6 cm³/mol. The molecule has 0 spiro atoms. The molecule has 0 atom stereocenters. The van der Waals surface area contributed by atoms with Crippen molar-refractivity contribution in [1.82, 2.24) is 0 Å². The molecule has 0 unspecified atom stereocenters. The van der Waals surface area contributed by atoms with Crippen molar-refractivity contribution >= 4 is 20.6 Å². The first-order valence-corrected chi connectivity index (χ1v) is 4.17. The van der Waals surface area contributed by atoms with Crippen molar-refractivity contribution in [1.29, 1.82) is 0 Å². The molecule has 0 aliphatic rings. The average Bonchev–Trinajstić information content (AvgIpc) is 1.14. The molecule has 9 heavy (non-hydrogen) atoms. The van der Waals surface area contributed by atoms with Gasteiger partial charge in [-0.2, -0.15) is 0 Å². The molecule has 0 saturated carbocycles. The van der Waals surface area contributed by atoms with Gasteiger partial charge < -0.3 is 9.27 Å². The topological polar surface area (TPSA) is 106 Å². The third-order valence-electron chi connectivity index (χ3n) is 0.187. The van der Waals surface area contributed by atoms with Crippen LogP contribution >= 0.6 is 0 Å². The second-order valence-electron chi connectivity index (χ2n) is 0.962. The minimum atomic E-state index is -5.43. The SMILES string of the molecule is [NH-]S(=O)(=O)[N-]S(=O)(=O)F. The summed E-state index contributed by atoms with van der Waals surface area (Å²) >= 11 is 0. The Morgan fingerprint density at radius 3 is 1.56 bits per heavy atom. The lowest BCUT2D eigenvalue weighted by atomic mass is 13.9. The lowest BCUT2D eigenvalue weighted by Gasteiger charge is -2.15. The van der Waals surface area contributed by atoms with Gasteiger partial charge in [-0.25, -0.2) is 8.42 Å². The highest BCUT2D eigenvalue weighted by Crippen LogP contribution is 2.10. The Morgan fingerprint density at radius 2 is 1.56 bits per heavy atom. The van der Waals surface area contributed by atoms with E-state index in [0.717, 1.165) is 0 Å². The van der Waals surface area contributed by atoms with Gasteiger partial charge in [-0.05, 0) is 10.2 Å². The predicted octanol–water partition coefficient (Wildman–Crippen LogP) is -0.129. The van der Waals surface area contributed by atoms with Crippen LogP contribution in [0.15, 0.2) is 0 Å². The van der Waals surface area contributed by atoms with E-state index in [0.29, 0.717) is 0 Å². The van der Waals surface area contributed by atoms with Gasteiger partial charge in [0.05, 0.1) is 0 Å². The Labute approximate surface area is 51.4 Å². The van der Waals surface area contributed by atoms with Crippen LogP contribution in [0.5, 0.6) is 0 Å². The highest BCUT2D eigenvalue weighted by molar-refractivity contribution is 8.10. The summed E-state index contributed by atoms with van der Waals surface area (Å²) < 4.78 is 50.4. The van der Waals surface area contributed by atoms with Crippen molar-refractivity contribution in [2.75, 3.05) is 0 Å². The molecule has 6 nitrogen and oxygen atoms in total. The van der Waals surface area contributed by atoms with Gasteiger partial charge in [-0.1, -0.05) is 0 Å². The van der Waals surface area contributed by atoms with Gasteiger partial charge in [0.2, 0.25) is 10.4 Å². The van der Waals surface area contributed by atoms with Crippen LogP contribution in [0, 0.1) is 0 Å². The molecule has 0 bridgehead atoms. The third kappa shape index (κ3) is 7.75. The van der Waals surface area contributed by atoms with Crippen LogP contribution in [-0.4, -0.2) is 16.8 Å². The standard InChI is InChI=1S/FHN2O4S2/c1-8(4,5)3-9(2,6)7/h(H-,2,6,7)/q-2. The first kappa shape index (κ1) is 8.75. The fraction of sp³-hybridized carbons (Fsp3) is 0. The maximum absolute atomic E-state index is 11.2. The maximum Gasteiger partial charge on any atom is 0.238 e. The number of nitrogens with one attached hydrogen (secondary N) is 1. The first-order chi connectivity index (χ1) is 3.71. The van der Waals surface area contributed by atoms with E-state index in [1.54, 1.807) is 0 Å². The van der Waals surface area contributed by atoms with Crippen LogP contribution in [0.3, 0.4) is 0 Å². The van der Waals surface area contributed by atoms with Crippen LogP contribution in [0.4, 0.5) is 3.89 Å². The van der Waals surface area contributed by atoms with Crippen molar-refractivity contribution in [2.45, 2.75) is 0 Å². The van der Waals surface area contributed by atoms with Crippen molar-refractivity contribution in [3.63, 3.8) is 0 Å². The van der Waals surface area contributed by atoms with E-state index < -0.39 is 20.6 Å². The van der Waals surface area contributed by atoms with Crippen molar-refractivity contribution in [3.8, 4) is 0 Å². The molecule has 0 aromatic rings. The van der Waals surface area contributed by atoms with Gasteiger partial charge >= 0.3 is 0 Å². The quantitative estimate of drug-likeness (QED) is 0.546. The number of hydrogen-bond donors (Lipinski definition) is 0. The molecule has 0 aliphatic carbocycles. The Bertz CT molecular complexity index is 242. The normalized spacial score (nSPS) is 13.6. The molecule has 9 heteroatoms. The fourth-order valence-corrected chi connectivity index (χ4v) is 1.05. The molecule has 0 fully saturated rings. The highest BCUT2D eigenvalue weighted by atomic mass is 32.3. The van der Waals surface area contributed by atoms with E-state index in [9.17, 15) is 20.7 Å². The second kappa shape index (κ2) is 2.17. The van der Waals surface area contributed by atoms with Crippen LogP contribution in [-0.2, 0) is 20.6 Å². The Balaban J connectivity index is 4.46. The van der Waals surface area contributed by atoms with Crippen LogP contribution in [0.25, 0.3) is 9.27 Å². The van der Waals surface area contributed by atoms with Gasteiger partial charge in [0, 0.05) is 0 Å². The molecule has 0 rings (SSSR count). The monoisotopic (exact) mass is 176 g/mol. The third-order valence-corrected chi connectivity index (χ3v) is 1.68. The Kier molecular flexibility index (Phi) is 2.11. The summed E-state index contributed by atoms with van der Waals surface area (Å²) in [6.07, 6.45) is 0. The molecule has 56 valence electrons. The van der Waals surface area contributed by atoms with E-state index in [1.807, 2.05) is 0 Å². The van der Waals surface area contributed by atoms with Gasteiger partial charge in [-0.3, -0.25) is 8.42 Å². The zero-order valence-electron chi connectivity index (χ0n) is 3.77. The van der Waals surface area contributed by atoms with Crippen molar-refractivity contribution in [3.05, 3.63) is 9.27 Å². The summed E-state index contributed by atoms with van der Waals surface area (Å²) in [4.78, 5) is 0. The van der Waals surface area contributed by atoms with E-state index in [-0.39, 0.29) is 0 Å². The minimum Gasteiger partial charge on any atom is -0.581 e. The summed E-state index contributed by atoms with van der Waals surface area (Å²) in [5.74, 6) is 0. The summed E-state index contributed by atoms with van der Waals surface area (Å²) in [7, 11) is -10.3. The van der Waals surface area contributed by atoms with Gasteiger partial charge in [0.25, 0.3) is 0 Å². The van der Waals surface area contributed by atoms with E-state index >= 15 is 0 Å². The number of halogens is 1.